The van der Waals surface area contributed by atoms with E-state index in [2.05, 4.69) is 102 Å². The van der Waals surface area contributed by atoms with Crippen molar-refractivity contribution in [2.45, 2.75) is 244 Å². The lowest BCUT2D eigenvalue weighted by Gasteiger charge is -2.46. The van der Waals surface area contributed by atoms with Crippen LogP contribution < -0.4 is 0 Å². The van der Waals surface area contributed by atoms with Gasteiger partial charge in [-0.15, -0.1) is 0 Å². The zero-order valence-electron chi connectivity index (χ0n) is 37.2. The Balaban J connectivity index is 2.00. The molecule has 1 heteroatoms. The summed E-state index contributed by atoms with van der Waals surface area (Å²) in [6.07, 6.45) is 42.3. The molecule has 0 aliphatic rings. The summed E-state index contributed by atoms with van der Waals surface area (Å²) in [6.45, 7) is 18.4. The van der Waals surface area contributed by atoms with Crippen molar-refractivity contribution >= 4 is 0 Å². The molecule has 0 N–H and O–H groups in total. The van der Waals surface area contributed by atoms with E-state index in [4.69, 9.17) is 4.74 Å². The Morgan fingerprint density at radius 3 is 0.855 bits per heavy atom. The highest BCUT2D eigenvalue weighted by molar-refractivity contribution is 5.27. The van der Waals surface area contributed by atoms with Gasteiger partial charge in [0.1, 0.15) is 0 Å². The van der Waals surface area contributed by atoms with Gasteiger partial charge in [0.05, 0.1) is 11.2 Å². The number of benzene rings is 2. The molecule has 0 saturated heterocycles. The summed E-state index contributed by atoms with van der Waals surface area (Å²) in [6, 6.07) is 22.1. The van der Waals surface area contributed by atoms with Crippen molar-refractivity contribution in [3.05, 3.63) is 96.1 Å². The minimum atomic E-state index is -0.428. The molecule has 312 valence electrons. The fourth-order valence-corrected chi connectivity index (χ4v) is 8.69. The standard InChI is InChI=1S/C54H90O/c1-7-9-11-13-15-17-19-21-23-25-27-29-31-39-45-53(49(3)4,47-51-41-35-33-36-42-51)55-54(50(5)6,48-52-43-37-34-38-44-52)46-40-32-30-28-26-24-22-20-18-16-14-12-10-8-2/h33-38,41-44H,3,5,7-32,39-40,45-48H2,1-2,4,6H3. The summed E-state index contributed by atoms with van der Waals surface area (Å²) < 4.78 is 7.78. The molecule has 2 rings (SSSR count). The average molecular weight is 755 g/mol. The molecule has 0 aliphatic carbocycles. The van der Waals surface area contributed by atoms with E-state index in [0.29, 0.717) is 0 Å². The SMILES string of the molecule is C=C(C)C(CCCCCCCCCCCCCCCC)(Cc1ccccc1)OC(CCCCCCCCCCCCCCCC)(Cc1ccccc1)C(=C)C. The third kappa shape index (κ3) is 22.4. The van der Waals surface area contributed by atoms with E-state index in [0.717, 1.165) is 36.8 Å². The predicted molar refractivity (Wildman–Crippen MR) is 246 cm³/mol. The molecule has 2 aromatic carbocycles. The average Bonchev–Trinajstić information content (AvgIpc) is 3.18. The van der Waals surface area contributed by atoms with Crippen molar-refractivity contribution in [3.63, 3.8) is 0 Å². The van der Waals surface area contributed by atoms with E-state index in [1.165, 1.54) is 191 Å². The van der Waals surface area contributed by atoms with Crippen LogP contribution in [0.3, 0.4) is 0 Å². The van der Waals surface area contributed by atoms with Crippen LogP contribution in [0.1, 0.15) is 231 Å². The van der Waals surface area contributed by atoms with Gasteiger partial charge in [-0.1, -0.05) is 267 Å². The van der Waals surface area contributed by atoms with Gasteiger partial charge in [0.25, 0.3) is 0 Å². The molecule has 2 aromatic rings. The number of rotatable bonds is 38. The molecule has 0 amide bonds. The fraction of sp³-hybridized carbons (Fsp3) is 0.704. The fourth-order valence-electron chi connectivity index (χ4n) is 8.69. The lowest BCUT2D eigenvalue weighted by Crippen LogP contribution is -2.49. The second-order valence-corrected chi connectivity index (χ2v) is 17.7. The quantitative estimate of drug-likeness (QED) is 0.0490. The molecule has 0 saturated carbocycles. The smallest absolute Gasteiger partial charge is 0.0938 e. The first-order valence-electron chi connectivity index (χ1n) is 24.0. The second-order valence-electron chi connectivity index (χ2n) is 17.7. The Bertz CT molecular complexity index is 1090. The molecular weight excluding hydrogens is 665 g/mol. The van der Waals surface area contributed by atoms with Gasteiger partial charge in [-0.25, -0.2) is 0 Å². The van der Waals surface area contributed by atoms with Gasteiger partial charge in [-0.3, -0.25) is 0 Å². The van der Waals surface area contributed by atoms with Crippen LogP contribution in [0.15, 0.2) is 85.0 Å². The van der Waals surface area contributed by atoms with E-state index in [-0.39, 0.29) is 0 Å². The largest absolute Gasteiger partial charge is 0.359 e. The van der Waals surface area contributed by atoms with Gasteiger partial charge >= 0.3 is 0 Å². The maximum Gasteiger partial charge on any atom is 0.0938 e. The zero-order chi connectivity index (χ0) is 39.7. The molecule has 2 unspecified atom stereocenters. The first-order chi connectivity index (χ1) is 26.9. The van der Waals surface area contributed by atoms with Crippen molar-refractivity contribution in [2.75, 3.05) is 0 Å². The van der Waals surface area contributed by atoms with Crippen LogP contribution in [0.5, 0.6) is 0 Å². The number of unbranched alkanes of at least 4 members (excludes halogenated alkanes) is 26. The highest BCUT2D eigenvalue weighted by Crippen LogP contribution is 2.42. The molecular formula is C54H90O. The van der Waals surface area contributed by atoms with Crippen LogP contribution >= 0.6 is 0 Å². The van der Waals surface area contributed by atoms with E-state index in [1.54, 1.807) is 0 Å². The number of ether oxygens (including phenoxy) is 1. The van der Waals surface area contributed by atoms with Gasteiger partial charge in [0.15, 0.2) is 0 Å². The molecule has 0 heterocycles. The van der Waals surface area contributed by atoms with E-state index >= 15 is 0 Å². The van der Waals surface area contributed by atoms with Crippen molar-refractivity contribution in [1.82, 2.24) is 0 Å². The Kier molecular flexibility index (Phi) is 28.4. The molecule has 0 aliphatic heterocycles. The van der Waals surface area contributed by atoms with Gasteiger partial charge < -0.3 is 4.74 Å². The molecule has 55 heavy (non-hydrogen) atoms. The molecule has 1 nitrogen and oxygen atoms in total. The second kappa shape index (κ2) is 31.9. The third-order valence-corrected chi connectivity index (χ3v) is 12.5. The Labute approximate surface area is 344 Å². The lowest BCUT2D eigenvalue weighted by atomic mass is 9.78. The van der Waals surface area contributed by atoms with Gasteiger partial charge in [0.2, 0.25) is 0 Å². The summed E-state index contributed by atoms with van der Waals surface area (Å²) in [5.74, 6) is 0. The lowest BCUT2D eigenvalue weighted by molar-refractivity contribution is -0.128. The van der Waals surface area contributed by atoms with Crippen molar-refractivity contribution < 1.29 is 4.74 Å². The summed E-state index contributed by atoms with van der Waals surface area (Å²) in [7, 11) is 0. The Hall–Kier alpha value is -2.12. The van der Waals surface area contributed by atoms with Crippen LogP contribution in [0, 0.1) is 0 Å². The maximum absolute atomic E-state index is 7.78. The first-order valence-corrected chi connectivity index (χ1v) is 24.0. The molecule has 0 aromatic heterocycles. The Morgan fingerprint density at radius 2 is 0.618 bits per heavy atom. The number of hydrogen-bond acceptors (Lipinski definition) is 1. The summed E-state index contributed by atoms with van der Waals surface area (Å²) >= 11 is 0. The number of hydrogen-bond donors (Lipinski definition) is 0. The summed E-state index contributed by atoms with van der Waals surface area (Å²) in [5.41, 5.74) is 4.13. The monoisotopic (exact) mass is 755 g/mol. The van der Waals surface area contributed by atoms with E-state index in [9.17, 15) is 0 Å². The van der Waals surface area contributed by atoms with Crippen LogP contribution in [-0.2, 0) is 17.6 Å². The highest BCUT2D eigenvalue weighted by atomic mass is 16.5. The maximum atomic E-state index is 7.78. The molecule has 0 spiro atoms. The minimum absolute atomic E-state index is 0.428. The van der Waals surface area contributed by atoms with Crippen LogP contribution in [0.4, 0.5) is 0 Å². The predicted octanol–water partition coefficient (Wildman–Crippen LogP) is 17.9. The first kappa shape index (κ1) is 49.0. The van der Waals surface area contributed by atoms with Gasteiger partial charge in [-0.05, 0) is 49.0 Å². The minimum Gasteiger partial charge on any atom is -0.359 e. The van der Waals surface area contributed by atoms with E-state index < -0.39 is 11.2 Å². The molecule has 0 radical (unpaired) electrons. The molecule has 0 bridgehead atoms. The third-order valence-electron chi connectivity index (χ3n) is 12.5. The van der Waals surface area contributed by atoms with Crippen LogP contribution in [0.2, 0.25) is 0 Å². The van der Waals surface area contributed by atoms with Crippen LogP contribution in [-0.4, -0.2) is 11.2 Å². The van der Waals surface area contributed by atoms with Crippen molar-refractivity contribution in [1.29, 1.82) is 0 Å². The zero-order valence-corrected chi connectivity index (χ0v) is 37.2. The summed E-state index contributed by atoms with van der Waals surface area (Å²) in [5, 5.41) is 0. The van der Waals surface area contributed by atoms with Gasteiger partial charge in [-0.2, -0.15) is 0 Å². The normalized spacial score (nSPS) is 13.7. The highest BCUT2D eigenvalue weighted by Gasteiger charge is 2.43. The van der Waals surface area contributed by atoms with Crippen LogP contribution in [0.25, 0.3) is 0 Å². The topological polar surface area (TPSA) is 9.23 Å². The van der Waals surface area contributed by atoms with E-state index in [1.807, 2.05) is 0 Å². The van der Waals surface area contributed by atoms with Gasteiger partial charge in [0, 0.05) is 12.8 Å². The van der Waals surface area contributed by atoms with Crippen molar-refractivity contribution in [3.8, 4) is 0 Å². The summed E-state index contributed by atoms with van der Waals surface area (Å²) in [4.78, 5) is 0. The molecule has 0 fully saturated rings. The Morgan fingerprint density at radius 1 is 0.382 bits per heavy atom. The van der Waals surface area contributed by atoms with Crippen molar-refractivity contribution in [2.24, 2.45) is 0 Å². The molecule has 2 atom stereocenters.